The highest BCUT2D eigenvalue weighted by molar-refractivity contribution is 7.89. The molecule has 0 aromatic heterocycles. The zero-order valence-corrected chi connectivity index (χ0v) is 9.50. The minimum Gasteiger partial charge on any atom is -0.315 e. The lowest BCUT2D eigenvalue weighted by atomic mass is 10.1. The van der Waals surface area contributed by atoms with Gasteiger partial charge in [-0.25, -0.2) is 8.42 Å². The largest absolute Gasteiger partial charge is 0.315 e. The van der Waals surface area contributed by atoms with Gasteiger partial charge in [-0.3, -0.25) is 0 Å². The Hall–Kier alpha value is -0.910. The molecule has 0 heterocycles. The summed E-state index contributed by atoms with van der Waals surface area (Å²) >= 11 is 0. The molecule has 1 rings (SSSR count). The van der Waals surface area contributed by atoms with Crippen LogP contribution in [0, 0.1) is 0 Å². The summed E-state index contributed by atoms with van der Waals surface area (Å²) in [6, 6.07) is 9.54. The molecule has 1 unspecified atom stereocenters. The van der Waals surface area contributed by atoms with Gasteiger partial charge in [-0.15, -0.1) is 0 Å². The van der Waals surface area contributed by atoms with Crippen LogP contribution >= 0.6 is 0 Å². The fourth-order valence-electron chi connectivity index (χ4n) is 1.22. The van der Waals surface area contributed by atoms with Gasteiger partial charge < -0.3 is 5.73 Å². The van der Waals surface area contributed by atoms with E-state index in [2.05, 4.69) is 4.72 Å². The van der Waals surface area contributed by atoms with Crippen molar-refractivity contribution in [3.63, 3.8) is 0 Å². The van der Waals surface area contributed by atoms with Crippen LogP contribution in [0.4, 0.5) is 0 Å². The minimum absolute atomic E-state index is 0.0511. The molecule has 0 radical (unpaired) electrons. The van der Waals surface area contributed by atoms with Gasteiger partial charge in [0.15, 0.2) is 0 Å². The van der Waals surface area contributed by atoms with Gasteiger partial charge in [0.25, 0.3) is 0 Å². The molecule has 0 aliphatic heterocycles. The normalized spacial score (nSPS) is 13.7. The Labute approximate surface area is 90.5 Å². The first-order valence-corrected chi connectivity index (χ1v) is 6.48. The van der Waals surface area contributed by atoms with Gasteiger partial charge in [-0.1, -0.05) is 30.3 Å². The van der Waals surface area contributed by atoms with Crippen molar-refractivity contribution in [2.45, 2.75) is 19.5 Å². The fraction of sp³-hybridized carbons (Fsp3) is 0.400. The van der Waals surface area contributed by atoms with Gasteiger partial charge in [0.05, 0.1) is 11.9 Å². The van der Waals surface area contributed by atoms with E-state index in [9.17, 15) is 8.42 Å². The van der Waals surface area contributed by atoms with Crippen LogP contribution in [0.3, 0.4) is 0 Å². The summed E-state index contributed by atoms with van der Waals surface area (Å²) in [5.41, 5.74) is 6.69. The molecule has 0 fully saturated rings. The molecule has 5 heteroatoms. The Bertz CT molecular complexity index is 389. The summed E-state index contributed by atoms with van der Waals surface area (Å²) in [6.07, 6.45) is -0.0579. The van der Waals surface area contributed by atoms with Crippen molar-refractivity contribution in [3.8, 4) is 0 Å². The van der Waals surface area contributed by atoms with E-state index < -0.39 is 16.2 Å². The summed E-state index contributed by atoms with van der Waals surface area (Å²) in [6.45, 7) is 1.58. The first-order valence-electron chi connectivity index (χ1n) is 4.83. The number of hydrogen-bond acceptors (Lipinski definition) is 3. The van der Waals surface area contributed by atoms with Crippen molar-refractivity contribution in [1.82, 2.24) is 4.72 Å². The zero-order chi connectivity index (χ0) is 11.3. The highest BCUT2D eigenvalue weighted by Crippen LogP contribution is 2.01. The van der Waals surface area contributed by atoms with E-state index in [-0.39, 0.29) is 5.75 Å². The maximum absolute atomic E-state index is 11.2. The van der Waals surface area contributed by atoms with Gasteiger partial charge >= 0.3 is 0 Å². The smallest absolute Gasteiger partial charge is 0.212 e. The lowest BCUT2D eigenvalue weighted by molar-refractivity contribution is 0.553. The van der Waals surface area contributed by atoms with E-state index in [1.165, 1.54) is 0 Å². The van der Waals surface area contributed by atoms with Gasteiger partial charge in [-0.2, -0.15) is 4.72 Å². The molecule has 0 saturated carbocycles. The fourth-order valence-corrected chi connectivity index (χ4v) is 1.93. The van der Waals surface area contributed by atoms with Crippen LogP contribution in [-0.4, -0.2) is 20.3 Å². The standard InChI is InChI=1S/C10H16N2O2S/c1-2-15(13,14)12-10(11)8-9-6-4-3-5-7-9/h3-7,10,12H,2,8,11H2,1H3. The van der Waals surface area contributed by atoms with Crippen molar-refractivity contribution in [2.24, 2.45) is 5.73 Å². The number of benzene rings is 1. The third kappa shape index (κ3) is 4.42. The van der Waals surface area contributed by atoms with E-state index in [1.54, 1.807) is 6.92 Å². The van der Waals surface area contributed by atoms with E-state index in [4.69, 9.17) is 5.73 Å². The molecule has 1 aromatic rings. The highest BCUT2D eigenvalue weighted by Gasteiger charge is 2.12. The average molecular weight is 228 g/mol. The summed E-state index contributed by atoms with van der Waals surface area (Å²) < 4.78 is 24.8. The molecule has 3 N–H and O–H groups in total. The number of sulfonamides is 1. The second-order valence-corrected chi connectivity index (χ2v) is 5.36. The van der Waals surface area contributed by atoms with Gasteiger partial charge in [0.1, 0.15) is 0 Å². The SMILES string of the molecule is CCS(=O)(=O)NC(N)Cc1ccccc1. The van der Waals surface area contributed by atoms with E-state index >= 15 is 0 Å². The number of rotatable bonds is 5. The highest BCUT2D eigenvalue weighted by atomic mass is 32.2. The van der Waals surface area contributed by atoms with Gasteiger partial charge in [0, 0.05) is 6.42 Å². The molecule has 0 bridgehead atoms. The van der Waals surface area contributed by atoms with Crippen LogP contribution in [0.1, 0.15) is 12.5 Å². The summed E-state index contributed by atoms with van der Waals surface area (Å²) in [4.78, 5) is 0. The maximum atomic E-state index is 11.2. The summed E-state index contributed by atoms with van der Waals surface area (Å²) in [5.74, 6) is 0.0511. The van der Waals surface area contributed by atoms with Crippen LogP contribution in [-0.2, 0) is 16.4 Å². The first-order chi connectivity index (χ1) is 7.03. The van der Waals surface area contributed by atoms with Crippen LogP contribution in [0.25, 0.3) is 0 Å². The number of hydrogen-bond donors (Lipinski definition) is 2. The van der Waals surface area contributed by atoms with Gasteiger partial charge in [0.2, 0.25) is 10.0 Å². The Balaban J connectivity index is 2.54. The van der Waals surface area contributed by atoms with E-state index in [0.29, 0.717) is 6.42 Å². The molecule has 0 amide bonds. The predicted octanol–water partition coefficient (Wildman–Crippen LogP) is 0.453. The Morgan fingerprint density at radius 3 is 2.47 bits per heavy atom. The molecule has 15 heavy (non-hydrogen) atoms. The molecule has 0 spiro atoms. The maximum Gasteiger partial charge on any atom is 0.212 e. The Morgan fingerprint density at radius 2 is 1.93 bits per heavy atom. The number of nitrogens with two attached hydrogens (primary N) is 1. The Morgan fingerprint density at radius 1 is 1.33 bits per heavy atom. The summed E-state index contributed by atoms with van der Waals surface area (Å²) in [5, 5.41) is 0. The number of nitrogens with one attached hydrogen (secondary N) is 1. The van der Waals surface area contributed by atoms with Crippen molar-refractivity contribution < 1.29 is 8.42 Å². The van der Waals surface area contributed by atoms with Crippen LogP contribution in [0.5, 0.6) is 0 Å². The van der Waals surface area contributed by atoms with E-state index in [1.807, 2.05) is 30.3 Å². The molecular weight excluding hydrogens is 212 g/mol. The quantitative estimate of drug-likeness (QED) is 0.719. The third-order valence-electron chi connectivity index (χ3n) is 2.01. The van der Waals surface area contributed by atoms with E-state index in [0.717, 1.165) is 5.56 Å². The Kier molecular flexibility index (Phi) is 4.26. The third-order valence-corrected chi connectivity index (χ3v) is 3.43. The lowest BCUT2D eigenvalue weighted by Crippen LogP contribution is -2.43. The minimum atomic E-state index is -3.21. The van der Waals surface area contributed by atoms with Gasteiger partial charge in [-0.05, 0) is 12.5 Å². The molecule has 0 saturated heterocycles. The van der Waals surface area contributed by atoms with Crippen LogP contribution in [0.15, 0.2) is 30.3 Å². The topological polar surface area (TPSA) is 72.2 Å². The molecule has 4 nitrogen and oxygen atoms in total. The molecule has 0 aliphatic carbocycles. The first kappa shape index (κ1) is 12.2. The average Bonchev–Trinajstić information content (AvgIpc) is 2.18. The second-order valence-electron chi connectivity index (χ2n) is 3.32. The van der Waals surface area contributed by atoms with Crippen LogP contribution < -0.4 is 10.5 Å². The monoisotopic (exact) mass is 228 g/mol. The molecule has 1 aromatic carbocycles. The second kappa shape index (κ2) is 5.25. The molecule has 0 aliphatic rings. The predicted molar refractivity (Wildman–Crippen MR) is 60.7 cm³/mol. The van der Waals surface area contributed by atoms with Crippen molar-refractivity contribution in [1.29, 1.82) is 0 Å². The molecule has 1 atom stereocenters. The summed E-state index contributed by atoms with van der Waals surface area (Å²) in [7, 11) is -3.21. The van der Waals surface area contributed by atoms with Crippen molar-refractivity contribution >= 4 is 10.0 Å². The molecule has 84 valence electrons. The zero-order valence-electron chi connectivity index (χ0n) is 8.68. The van der Waals surface area contributed by atoms with Crippen LogP contribution in [0.2, 0.25) is 0 Å². The van der Waals surface area contributed by atoms with Crippen molar-refractivity contribution in [2.75, 3.05) is 5.75 Å². The van der Waals surface area contributed by atoms with Crippen molar-refractivity contribution in [3.05, 3.63) is 35.9 Å². The molecular formula is C10H16N2O2S. The lowest BCUT2D eigenvalue weighted by Gasteiger charge is -2.13.